The van der Waals surface area contributed by atoms with E-state index in [-0.39, 0.29) is 11.9 Å². The number of hydrogen-bond donors (Lipinski definition) is 0. The molecule has 2 aromatic rings. The second kappa shape index (κ2) is 5.81. The highest BCUT2D eigenvalue weighted by molar-refractivity contribution is 5.97. The summed E-state index contributed by atoms with van der Waals surface area (Å²) >= 11 is 0. The first-order chi connectivity index (χ1) is 10.2. The molecule has 0 bridgehead atoms. The number of benzene rings is 1. The largest absolute Gasteiger partial charge is 0.381 e. The lowest BCUT2D eigenvalue weighted by Gasteiger charge is -2.34. The lowest BCUT2D eigenvalue weighted by Crippen LogP contribution is -2.40. The topological polar surface area (TPSA) is 68.5 Å². The average Bonchev–Trinajstić information content (AvgIpc) is 3.01. The highest BCUT2D eigenvalue weighted by Crippen LogP contribution is 2.25. The predicted octanol–water partition coefficient (Wildman–Crippen LogP) is 2.25. The normalized spacial score (nSPS) is 22.4. The van der Waals surface area contributed by atoms with Gasteiger partial charge in [0, 0.05) is 25.8 Å². The zero-order valence-electron chi connectivity index (χ0n) is 12.3. The molecule has 0 N–H and O–H groups in total. The van der Waals surface area contributed by atoms with Crippen LogP contribution in [0.2, 0.25) is 0 Å². The molecule has 0 saturated heterocycles. The fourth-order valence-electron chi connectivity index (χ4n) is 2.95. The number of nitrogens with zero attached hydrogens (tertiary/aromatic N) is 3. The van der Waals surface area contributed by atoms with Crippen molar-refractivity contribution in [1.29, 1.82) is 0 Å². The third-order valence-electron chi connectivity index (χ3n) is 4.35. The van der Waals surface area contributed by atoms with Gasteiger partial charge in [0.25, 0.3) is 5.91 Å². The van der Waals surface area contributed by atoms with E-state index in [0.29, 0.717) is 22.7 Å². The van der Waals surface area contributed by atoms with Crippen molar-refractivity contribution in [2.45, 2.75) is 37.8 Å². The monoisotopic (exact) mass is 289 g/mol. The summed E-state index contributed by atoms with van der Waals surface area (Å²) in [6.45, 7) is 0. The van der Waals surface area contributed by atoms with Crippen LogP contribution in [0.25, 0.3) is 11.0 Å². The van der Waals surface area contributed by atoms with Crippen LogP contribution in [-0.2, 0) is 4.74 Å². The third kappa shape index (κ3) is 2.76. The number of amides is 1. The molecule has 1 aromatic carbocycles. The van der Waals surface area contributed by atoms with Gasteiger partial charge >= 0.3 is 0 Å². The minimum Gasteiger partial charge on any atom is -0.381 e. The van der Waals surface area contributed by atoms with E-state index in [1.54, 1.807) is 25.3 Å². The molecule has 1 aromatic heterocycles. The van der Waals surface area contributed by atoms with Gasteiger partial charge in [0.05, 0.1) is 6.10 Å². The van der Waals surface area contributed by atoms with E-state index < -0.39 is 0 Å². The molecule has 6 heteroatoms. The van der Waals surface area contributed by atoms with Crippen LogP contribution < -0.4 is 0 Å². The molecule has 0 spiro atoms. The smallest absolute Gasteiger partial charge is 0.253 e. The van der Waals surface area contributed by atoms with Gasteiger partial charge in [-0.25, -0.2) is 4.63 Å². The molecule has 21 heavy (non-hydrogen) atoms. The first-order valence-corrected chi connectivity index (χ1v) is 7.21. The number of aromatic nitrogens is 2. The first-order valence-electron chi connectivity index (χ1n) is 7.21. The molecule has 0 unspecified atom stereocenters. The predicted molar refractivity (Wildman–Crippen MR) is 77.0 cm³/mol. The molecule has 6 nitrogen and oxygen atoms in total. The lowest BCUT2D eigenvalue weighted by molar-refractivity contribution is 0.0386. The summed E-state index contributed by atoms with van der Waals surface area (Å²) in [6.07, 6.45) is 4.31. The van der Waals surface area contributed by atoms with Crippen molar-refractivity contribution in [3.63, 3.8) is 0 Å². The second-order valence-electron chi connectivity index (χ2n) is 5.55. The summed E-state index contributed by atoms with van der Waals surface area (Å²) in [4.78, 5) is 14.4. The van der Waals surface area contributed by atoms with E-state index in [9.17, 15) is 4.79 Å². The first kappa shape index (κ1) is 14.0. The van der Waals surface area contributed by atoms with Crippen LogP contribution in [0.1, 0.15) is 36.0 Å². The molecule has 1 aliphatic carbocycles. The van der Waals surface area contributed by atoms with E-state index in [1.165, 1.54) is 0 Å². The number of fused-ring (bicyclic) bond motifs is 1. The minimum absolute atomic E-state index is 0.0146. The van der Waals surface area contributed by atoms with Gasteiger partial charge in [0.15, 0.2) is 0 Å². The zero-order chi connectivity index (χ0) is 14.8. The molecule has 3 rings (SSSR count). The Balaban J connectivity index is 1.72. The molecule has 1 fully saturated rings. The van der Waals surface area contributed by atoms with Crippen molar-refractivity contribution in [2.75, 3.05) is 14.2 Å². The Morgan fingerprint density at radius 3 is 2.67 bits per heavy atom. The van der Waals surface area contributed by atoms with Gasteiger partial charge in [0.2, 0.25) is 0 Å². The van der Waals surface area contributed by atoms with Crippen LogP contribution in [0.5, 0.6) is 0 Å². The quantitative estimate of drug-likeness (QED) is 0.867. The SMILES string of the molecule is CO[C@H]1CC[C@H](N(C)C(=O)c2ccc3nonc3c2)CC1. The summed E-state index contributed by atoms with van der Waals surface area (Å²) in [5, 5.41) is 7.53. The third-order valence-corrected chi connectivity index (χ3v) is 4.35. The Bertz CT molecular complexity index is 632. The molecular formula is C15H19N3O3. The van der Waals surface area contributed by atoms with Crippen molar-refractivity contribution >= 4 is 16.9 Å². The Kier molecular flexibility index (Phi) is 3.88. The fourth-order valence-corrected chi connectivity index (χ4v) is 2.95. The Morgan fingerprint density at radius 2 is 1.95 bits per heavy atom. The number of methoxy groups -OCH3 is 1. The van der Waals surface area contributed by atoms with Gasteiger partial charge in [-0.05, 0) is 54.2 Å². The molecule has 1 heterocycles. The summed E-state index contributed by atoms with van der Waals surface area (Å²) in [5.41, 5.74) is 1.89. The van der Waals surface area contributed by atoms with Gasteiger partial charge in [-0.15, -0.1) is 0 Å². The molecule has 1 amide bonds. The molecule has 1 aliphatic rings. The van der Waals surface area contributed by atoms with E-state index in [2.05, 4.69) is 14.9 Å². The standard InChI is InChI=1S/C15H19N3O3/c1-18(11-4-6-12(20-2)7-5-11)15(19)10-3-8-13-14(9-10)17-21-16-13/h3,8-9,11-12H,4-7H2,1-2H3/t11-,12-. The van der Waals surface area contributed by atoms with E-state index in [1.807, 2.05) is 11.9 Å². The molecule has 0 radical (unpaired) electrons. The van der Waals surface area contributed by atoms with Crippen molar-refractivity contribution < 1.29 is 14.2 Å². The van der Waals surface area contributed by atoms with Gasteiger partial charge in [0.1, 0.15) is 11.0 Å². The van der Waals surface area contributed by atoms with Crippen molar-refractivity contribution in [1.82, 2.24) is 15.2 Å². The minimum atomic E-state index is 0.0146. The highest BCUT2D eigenvalue weighted by atomic mass is 16.6. The van der Waals surface area contributed by atoms with Gasteiger partial charge in [-0.3, -0.25) is 4.79 Å². The van der Waals surface area contributed by atoms with Crippen LogP contribution in [0.3, 0.4) is 0 Å². The van der Waals surface area contributed by atoms with Crippen molar-refractivity contribution in [3.05, 3.63) is 23.8 Å². The number of carbonyl (C=O) groups is 1. The molecule has 112 valence electrons. The number of ether oxygens (including phenoxy) is 1. The average molecular weight is 289 g/mol. The van der Waals surface area contributed by atoms with Crippen LogP contribution in [-0.4, -0.2) is 47.4 Å². The van der Waals surface area contributed by atoms with E-state index >= 15 is 0 Å². The number of carbonyl (C=O) groups excluding carboxylic acids is 1. The number of rotatable bonds is 3. The van der Waals surface area contributed by atoms with Crippen LogP contribution in [0.15, 0.2) is 22.8 Å². The summed E-state index contributed by atoms with van der Waals surface area (Å²) < 4.78 is 10.0. The Morgan fingerprint density at radius 1 is 1.24 bits per heavy atom. The van der Waals surface area contributed by atoms with Crippen molar-refractivity contribution in [2.24, 2.45) is 0 Å². The maximum absolute atomic E-state index is 12.6. The summed E-state index contributed by atoms with van der Waals surface area (Å²) in [7, 11) is 3.62. The highest BCUT2D eigenvalue weighted by Gasteiger charge is 2.27. The van der Waals surface area contributed by atoms with Crippen molar-refractivity contribution in [3.8, 4) is 0 Å². The van der Waals surface area contributed by atoms with Crippen LogP contribution in [0, 0.1) is 0 Å². The molecule has 0 aliphatic heterocycles. The molecule has 0 atom stereocenters. The zero-order valence-corrected chi connectivity index (χ0v) is 12.3. The maximum Gasteiger partial charge on any atom is 0.253 e. The summed E-state index contributed by atoms with van der Waals surface area (Å²) in [6, 6.07) is 5.53. The second-order valence-corrected chi connectivity index (χ2v) is 5.55. The Hall–Kier alpha value is -1.95. The van der Waals surface area contributed by atoms with Crippen LogP contribution >= 0.6 is 0 Å². The van der Waals surface area contributed by atoms with Gasteiger partial charge in [-0.2, -0.15) is 0 Å². The van der Waals surface area contributed by atoms with E-state index in [0.717, 1.165) is 25.7 Å². The van der Waals surface area contributed by atoms with E-state index in [4.69, 9.17) is 4.74 Å². The maximum atomic E-state index is 12.6. The molecular weight excluding hydrogens is 270 g/mol. The van der Waals surface area contributed by atoms with Crippen LogP contribution in [0.4, 0.5) is 0 Å². The number of hydrogen-bond acceptors (Lipinski definition) is 5. The molecule has 1 saturated carbocycles. The Labute approximate surface area is 123 Å². The fraction of sp³-hybridized carbons (Fsp3) is 0.533. The van der Waals surface area contributed by atoms with Gasteiger partial charge in [-0.1, -0.05) is 0 Å². The summed E-state index contributed by atoms with van der Waals surface area (Å²) in [5.74, 6) is 0.0146. The lowest BCUT2D eigenvalue weighted by atomic mass is 9.91. The van der Waals surface area contributed by atoms with Gasteiger partial charge < -0.3 is 9.64 Å².